The summed E-state index contributed by atoms with van der Waals surface area (Å²) in [5.74, 6) is 0.523. The van der Waals surface area contributed by atoms with Crippen molar-refractivity contribution in [2.24, 2.45) is 4.99 Å². The summed E-state index contributed by atoms with van der Waals surface area (Å²) in [6.45, 7) is 7.11. The zero-order chi connectivity index (χ0) is 19.4. The Labute approximate surface area is 178 Å². The number of aryl methyl sites for hydroxylation is 1. The Kier molecular flexibility index (Phi) is 8.52. The highest BCUT2D eigenvalue weighted by atomic mass is 127. The maximum Gasteiger partial charge on any atom is 0.434 e. The van der Waals surface area contributed by atoms with Crippen molar-refractivity contribution in [1.82, 2.24) is 15.6 Å². The molecule has 2 N–H and O–H groups in total. The number of halogens is 4. The van der Waals surface area contributed by atoms with Crippen LogP contribution in [0.15, 0.2) is 34.6 Å². The summed E-state index contributed by atoms with van der Waals surface area (Å²) in [6.07, 6.45) is -4.41. The zero-order valence-electron chi connectivity index (χ0n) is 15.6. The molecule has 9 heteroatoms. The molecule has 1 aromatic heterocycles. The van der Waals surface area contributed by atoms with Crippen LogP contribution in [0.25, 0.3) is 0 Å². The van der Waals surface area contributed by atoms with Crippen molar-refractivity contribution in [3.63, 3.8) is 0 Å². The van der Waals surface area contributed by atoms with Crippen LogP contribution in [0.2, 0.25) is 0 Å². The van der Waals surface area contributed by atoms with Gasteiger partial charge in [0, 0.05) is 24.4 Å². The van der Waals surface area contributed by atoms with Crippen LogP contribution in [0.5, 0.6) is 0 Å². The molecule has 27 heavy (non-hydrogen) atoms. The number of nitrogens with one attached hydrogen (secondary N) is 2. The Hall–Kier alpha value is -1.36. The van der Waals surface area contributed by atoms with Crippen LogP contribution in [0.3, 0.4) is 0 Å². The SMILES string of the molecule is CN=C(NCc1nc(C(F)(F)F)cs1)NCC(C)(C)c1cccc(C)c1.I. The van der Waals surface area contributed by atoms with E-state index < -0.39 is 11.9 Å². The molecule has 0 aliphatic carbocycles. The van der Waals surface area contributed by atoms with Crippen LogP contribution < -0.4 is 10.6 Å². The number of aliphatic imine (C=N–C) groups is 1. The Morgan fingerprint density at radius 2 is 1.93 bits per heavy atom. The molecule has 150 valence electrons. The van der Waals surface area contributed by atoms with Crippen molar-refractivity contribution < 1.29 is 13.2 Å². The Morgan fingerprint density at radius 3 is 2.48 bits per heavy atom. The second kappa shape index (κ2) is 9.72. The summed E-state index contributed by atoms with van der Waals surface area (Å²) >= 11 is 0.975. The summed E-state index contributed by atoms with van der Waals surface area (Å²) in [6, 6.07) is 8.31. The number of guanidine groups is 1. The molecule has 0 fully saturated rings. The molecule has 0 aliphatic rings. The largest absolute Gasteiger partial charge is 0.434 e. The molecule has 0 amide bonds. The summed E-state index contributed by atoms with van der Waals surface area (Å²) in [4.78, 5) is 7.72. The first-order chi connectivity index (χ1) is 12.1. The first-order valence-electron chi connectivity index (χ1n) is 8.15. The lowest BCUT2D eigenvalue weighted by molar-refractivity contribution is -0.140. The second-order valence-corrected chi connectivity index (χ2v) is 7.60. The van der Waals surface area contributed by atoms with Crippen LogP contribution in [0.1, 0.15) is 35.7 Å². The third kappa shape index (κ3) is 6.95. The second-order valence-electron chi connectivity index (χ2n) is 6.66. The number of rotatable bonds is 5. The minimum absolute atomic E-state index is 0. The number of thiazole rings is 1. The fraction of sp³-hybridized carbons (Fsp3) is 0.444. The standard InChI is InChI=1S/C18H23F3N4S.HI/c1-12-6-5-7-13(8-12)17(2,3)11-24-16(22-4)23-9-15-25-14(10-26-15)18(19,20)21;/h5-8,10H,9,11H2,1-4H3,(H2,22,23,24);1H. The highest BCUT2D eigenvalue weighted by Crippen LogP contribution is 2.30. The minimum Gasteiger partial charge on any atom is -0.356 e. The lowest BCUT2D eigenvalue weighted by atomic mass is 9.84. The first kappa shape index (κ1) is 23.7. The maximum absolute atomic E-state index is 12.6. The van der Waals surface area contributed by atoms with Crippen LogP contribution in [0, 0.1) is 6.92 Å². The van der Waals surface area contributed by atoms with Crippen molar-refractivity contribution in [1.29, 1.82) is 0 Å². The van der Waals surface area contributed by atoms with Gasteiger partial charge in [-0.25, -0.2) is 4.98 Å². The molecule has 2 rings (SSSR count). The van der Waals surface area contributed by atoms with Crippen LogP contribution in [0.4, 0.5) is 13.2 Å². The lowest BCUT2D eigenvalue weighted by Gasteiger charge is -2.27. The van der Waals surface area contributed by atoms with E-state index in [-0.39, 0.29) is 35.9 Å². The van der Waals surface area contributed by atoms with Gasteiger partial charge in [-0.15, -0.1) is 35.3 Å². The molecular weight excluding hydrogens is 488 g/mol. The van der Waals surface area contributed by atoms with Crippen molar-refractivity contribution >= 4 is 41.3 Å². The van der Waals surface area contributed by atoms with Gasteiger partial charge in [-0.3, -0.25) is 4.99 Å². The van der Waals surface area contributed by atoms with E-state index in [1.807, 2.05) is 6.07 Å². The average molecular weight is 512 g/mol. The molecule has 0 aliphatic heterocycles. The molecule has 1 heterocycles. The summed E-state index contributed by atoms with van der Waals surface area (Å²) in [7, 11) is 1.62. The molecule has 0 spiro atoms. The van der Waals surface area contributed by atoms with Crippen molar-refractivity contribution in [2.45, 2.75) is 38.9 Å². The van der Waals surface area contributed by atoms with Gasteiger partial charge in [-0.2, -0.15) is 13.2 Å². The Balaban J connectivity index is 0.00000364. The topological polar surface area (TPSA) is 49.3 Å². The van der Waals surface area contributed by atoms with Crippen LogP contribution >= 0.6 is 35.3 Å². The van der Waals surface area contributed by atoms with Gasteiger partial charge in [-0.05, 0) is 12.5 Å². The quantitative estimate of drug-likeness (QED) is 0.346. The van der Waals surface area contributed by atoms with Gasteiger partial charge < -0.3 is 10.6 Å². The Bertz CT molecular complexity index is 772. The summed E-state index contributed by atoms with van der Waals surface area (Å²) in [5.41, 5.74) is 1.41. The molecular formula is C18H24F3IN4S. The third-order valence-electron chi connectivity index (χ3n) is 3.97. The van der Waals surface area contributed by atoms with Crippen LogP contribution in [-0.4, -0.2) is 24.5 Å². The fourth-order valence-electron chi connectivity index (χ4n) is 2.38. The molecule has 0 unspecified atom stereocenters. The van der Waals surface area contributed by atoms with Crippen molar-refractivity contribution in [2.75, 3.05) is 13.6 Å². The minimum atomic E-state index is -4.41. The zero-order valence-corrected chi connectivity index (χ0v) is 18.8. The number of benzene rings is 1. The maximum atomic E-state index is 12.6. The Morgan fingerprint density at radius 1 is 1.22 bits per heavy atom. The number of aromatic nitrogens is 1. The molecule has 0 saturated carbocycles. The lowest BCUT2D eigenvalue weighted by Crippen LogP contribution is -2.43. The first-order valence-corrected chi connectivity index (χ1v) is 9.03. The van der Waals surface area contributed by atoms with E-state index in [4.69, 9.17) is 0 Å². The van der Waals surface area contributed by atoms with E-state index in [0.717, 1.165) is 16.7 Å². The van der Waals surface area contributed by atoms with Crippen LogP contribution in [-0.2, 0) is 18.1 Å². The van der Waals surface area contributed by atoms with Gasteiger partial charge in [0.05, 0.1) is 6.54 Å². The average Bonchev–Trinajstić information content (AvgIpc) is 3.04. The highest BCUT2D eigenvalue weighted by Gasteiger charge is 2.33. The molecule has 0 bridgehead atoms. The van der Waals surface area contributed by atoms with Gasteiger partial charge in [-0.1, -0.05) is 43.7 Å². The number of hydrogen-bond donors (Lipinski definition) is 2. The van der Waals surface area contributed by atoms with Gasteiger partial charge in [0.1, 0.15) is 5.01 Å². The predicted molar refractivity (Wildman–Crippen MR) is 115 cm³/mol. The molecule has 0 atom stereocenters. The van der Waals surface area contributed by atoms with Gasteiger partial charge in [0.15, 0.2) is 11.7 Å². The fourth-order valence-corrected chi connectivity index (χ4v) is 3.12. The van der Waals surface area contributed by atoms with Gasteiger partial charge >= 0.3 is 6.18 Å². The van der Waals surface area contributed by atoms with E-state index in [1.165, 1.54) is 11.1 Å². The van der Waals surface area contributed by atoms with E-state index in [9.17, 15) is 13.2 Å². The van der Waals surface area contributed by atoms with E-state index in [1.54, 1.807) is 7.05 Å². The third-order valence-corrected chi connectivity index (χ3v) is 4.82. The summed E-state index contributed by atoms with van der Waals surface area (Å²) < 4.78 is 37.8. The number of nitrogens with zero attached hydrogens (tertiary/aromatic N) is 2. The number of alkyl halides is 3. The van der Waals surface area contributed by atoms with Gasteiger partial charge in [0.25, 0.3) is 0 Å². The molecule has 2 aromatic rings. The molecule has 0 saturated heterocycles. The number of hydrogen-bond acceptors (Lipinski definition) is 3. The van der Waals surface area contributed by atoms with E-state index >= 15 is 0 Å². The predicted octanol–water partition coefficient (Wildman–Crippen LogP) is 4.73. The highest BCUT2D eigenvalue weighted by molar-refractivity contribution is 14.0. The monoisotopic (exact) mass is 512 g/mol. The molecule has 4 nitrogen and oxygen atoms in total. The molecule has 1 aromatic carbocycles. The smallest absolute Gasteiger partial charge is 0.356 e. The normalized spacial score (nSPS) is 12.5. The van der Waals surface area contributed by atoms with E-state index in [0.29, 0.717) is 17.5 Å². The van der Waals surface area contributed by atoms with Gasteiger partial charge in [0.2, 0.25) is 0 Å². The van der Waals surface area contributed by atoms with Crippen molar-refractivity contribution in [3.05, 3.63) is 51.5 Å². The summed E-state index contributed by atoms with van der Waals surface area (Å²) in [5, 5.41) is 7.62. The van der Waals surface area contributed by atoms with Crippen molar-refractivity contribution in [3.8, 4) is 0 Å². The van der Waals surface area contributed by atoms with E-state index in [2.05, 4.69) is 59.6 Å². The molecule has 0 radical (unpaired) electrons.